The van der Waals surface area contributed by atoms with Gasteiger partial charge in [-0.05, 0) is 30.6 Å². The molecule has 116 valence electrons. The second-order valence-electron chi connectivity index (χ2n) is 7.02. The van der Waals surface area contributed by atoms with E-state index in [0.717, 1.165) is 0 Å². The smallest absolute Gasteiger partial charge is 0.380 e. The molecule has 0 aromatic heterocycles. The summed E-state index contributed by atoms with van der Waals surface area (Å²) >= 11 is 0. The van der Waals surface area contributed by atoms with Crippen LogP contribution in [0.5, 0.6) is 0 Å². The van der Waals surface area contributed by atoms with Gasteiger partial charge in [-0.15, -0.1) is 0 Å². The molecule has 2 rings (SSSR count). The number of fused-ring (bicyclic) bond motifs is 1. The molecule has 0 aromatic rings. The average molecular weight is 301 g/mol. The lowest BCUT2D eigenvalue weighted by Crippen LogP contribution is -2.58. The molecule has 0 aromatic carbocycles. The van der Waals surface area contributed by atoms with Crippen LogP contribution in [0.1, 0.15) is 40.0 Å². The van der Waals surface area contributed by atoms with Crippen molar-refractivity contribution in [1.82, 2.24) is 0 Å². The van der Waals surface area contributed by atoms with Gasteiger partial charge >= 0.3 is 6.18 Å². The summed E-state index contributed by atoms with van der Waals surface area (Å²) in [5.41, 5.74) is -4.79. The van der Waals surface area contributed by atoms with Gasteiger partial charge in [0.1, 0.15) is 6.07 Å². The number of halogens is 3. The lowest BCUT2D eigenvalue weighted by molar-refractivity contribution is -0.284. The first-order valence-electron chi connectivity index (χ1n) is 6.84. The molecule has 1 saturated carbocycles. The minimum atomic E-state index is -4.72. The Bertz CT molecular complexity index is 558. The van der Waals surface area contributed by atoms with Gasteiger partial charge in [0, 0.05) is 5.41 Å². The maximum absolute atomic E-state index is 13.1. The molecule has 2 aliphatic carbocycles. The molecule has 3 atom stereocenters. The fraction of sp³-hybridized carbons (Fsp3) is 0.733. The number of nitrogens with zero attached hydrogens (tertiary/aromatic N) is 1. The van der Waals surface area contributed by atoms with Gasteiger partial charge in [0.25, 0.3) is 0 Å². The first-order valence-corrected chi connectivity index (χ1v) is 6.84. The van der Waals surface area contributed by atoms with Gasteiger partial charge in [-0.1, -0.05) is 26.8 Å². The van der Waals surface area contributed by atoms with Crippen molar-refractivity contribution in [3.63, 3.8) is 0 Å². The van der Waals surface area contributed by atoms with Crippen molar-refractivity contribution in [2.45, 2.75) is 51.8 Å². The lowest BCUT2D eigenvalue weighted by atomic mass is 9.50. The zero-order valence-corrected chi connectivity index (χ0v) is 12.2. The summed E-state index contributed by atoms with van der Waals surface area (Å²) in [4.78, 5) is 12.3. The second kappa shape index (κ2) is 4.33. The van der Waals surface area contributed by atoms with Crippen LogP contribution in [0.2, 0.25) is 0 Å². The number of aliphatic hydroxyl groups is 1. The van der Waals surface area contributed by atoms with Crippen LogP contribution in [0.4, 0.5) is 13.2 Å². The number of nitriles is 1. The molecule has 0 unspecified atom stereocenters. The summed E-state index contributed by atoms with van der Waals surface area (Å²) in [5, 5.41) is 19.0. The molecule has 1 N–H and O–H groups in total. The molecule has 0 aliphatic heterocycles. The third kappa shape index (κ3) is 2.18. The van der Waals surface area contributed by atoms with Crippen molar-refractivity contribution in [3.8, 4) is 6.07 Å². The van der Waals surface area contributed by atoms with Gasteiger partial charge in [0.05, 0.1) is 5.57 Å². The Kier molecular flexibility index (Phi) is 3.30. The predicted molar refractivity (Wildman–Crippen MR) is 68.9 cm³/mol. The molecular formula is C15H18F3NO2. The molecular weight excluding hydrogens is 283 g/mol. The lowest BCUT2D eigenvalue weighted by Gasteiger charge is -2.54. The number of hydrogen-bond acceptors (Lipinski definition) is 3. The topological polar surface area (TPSA) is 61.1 Å². The highest BCUT2D eigenvalue weighted by molar-refractivity contribution is 6.04. The molecule has 1 fully saturated rings. The first-order chi connectivity index (χ1) is 9.37. The van der Waals surface area contributed by atoms with E-state index < -0.39 is 35.4 Å². The van der Waals surface area contributed by atoms with Gasteiger partial charge in [-0.2, -0.15) is 18.4 Å². The third-order valence-electron chi connectivity index (χ3n) is 5.14. The molecule has 0 saturated heterocycles. The highest BCUT2D eigenvalue weighted by Gasteiger charge is 2.63. The Balaban J connectivity index is 2.53. The Morgan fingerprint density at radius 2 is 1.95 bits per heavy atom. The van der Waals surface area contributed by atoms with Gasteiger partial charge in [-0.3, -0.25) is 4.79 Å². The van der Waals surface area contributed by atoms with E-state index in [-0.39, 0.29) is 23.7 Å². The molecule has 0 bridgehead atoms. The van der Waals surface area contributed by atoms with Crippen molar-refractivity contribution in [2.24, 2.45) is 16.7 Å². The zero-order valence-electron chi connectivity index (χ0n) is 12.2. The van der Waals surface area contributed by atoms with Crippen LogP contribution < -0.4 is 0 Å². The Morgan fingerprint density at radius 1 is 1.38 bits per heavy atom. The first kappa shape index (κ1) is 16.0. The summed E-state index contributed by atoms with van der Waals surface area (Å²) in [7, 11) is 0. The van der Waals surface area contributed by atoms with Crippen molar-refractivity contribution >= 4 is 5.78 Å². The van der Waals surface area contributed by atoms with Crippen molar-refractivity contribution in [3.05, 3.63) is 11.6 Å². The van der Waals surface area contributed by atoms with Crippen LogP contribution in [-0.2, 0) is 4.79 Å². The predicted octanol–water partition coefficient (Wildman–Crippen LogP) is 3.15. The SMILES string of the molecule is CC1(C)C(=O)C(C#N)=C[C@]2(C)C[C@](O)(C(F)(F)F)CC[C@@H]12. The maximum Gasteiger partial charge on any atom is 0.417 e. The van der Waals surface area contributed by atoms with E-state index in [1.165, 1.54) is 6.08 Å². The van der Waals surface area contributed by atoms with E-state index in [4.69, 9.17) is 5.26 Å². The van der Waals surface area contributed by atoms with Gasteiger partial charge < -0.3 is 5.11 Å². The summed E-state index contributed by atoms with van der Waals surface area (Å²) < 4.78 is 39.3. The van der Waals surface area contributed by atoms with Crippen LogP contribution in [-0.4, -0.2) is 22.7 Å². The number of carbonyl (C=O) groups is 1. The van der Waals surface area contributed by atoms with Gasteiger partial charge in [-0.25, -0.2) is 0 Å². The molecule has 21 heavy (non-hydrogen) atoms. The fourth-order valence-corrected chi connectivity index (χ4v) is 4.12. The molecule has 6 heteroatoms. The van der Waals surface area contributed by atoms with Crippen LogP contribution in [0, 0.1) is 28.1 Å². The number of Topliss-reactive ketones (excluding diaryl/α,β-unsaturated/α-hetero) is 1. The van der Waals surface area contributed by atoms with E-state index in [0.29, 0.717) is 0 Å². The summed E-state index contributed by atoms with van der Waals surface area (Å²) in [5.74, 6) is -0.651. The zero-order chi connectivity index (χ0) is 16.3. The van der Waals surface area contributed by atoms with Crippen LogP contribution in [0.3, 0.4) is 0 Å². The number of ketones is 1. The summed E-state index contributed by atoms with van der Waals surface area (Å²) in [6.07, 6.45) is -4.21. The molecule has 0 amide bonds. The Morgan fingerprint density at radius 3 is 2.43 bits per heavy atom. The highest BCUT2D eigenvalue weighted by atomic mass is 19.4. The fourth-order valence-electron chi connectivity index (χ4n) is 4.12. The summed E-state index contributed by atoms with van der Waals surface area (Å²) in [6.45, 7) is 4.93. The van der Waals surface area contributed by atoms with E-state index in [2.05, 4.69) is 0 Å². The standard InChI is InChI=1S/C15H18F3NO2/c1-12(2)10-4-5-14(21,15(16,17)18)8-13(10,3)6-9(7-19)11(12)20/h6,10,21H,4-5,8H2,1-3H3/t10-,13+,14-/m0/s1. The van der Waals surface area contributed by atoms with E-state index in [1.807, 2.05) is 0 Å². The molecule has 0 radical (unpaired) electrons. The van der Waals surface area contributed by atoms with Crippen molar-refractivity contribution in [2.75, 3.05) is 0 Å². The van der Waals surface area contributed by atoms with E-state index >= 15 is 0 Å². The minimum absolute atomic E-state index is 0.0977. The van der Waals surface area contributed by atoms with Gasteiger partial charge in [0.15, 0.2) is 11.4 Å². The number of hydrogen-bond donors (Lipinski definition) is 1. The van der Waals surface area contributed by atoms with E-state index in [9.17, 15) is 23.1 Å². The maximum atomic E-state index is 13.1. The van der Waals surface area contributed by atoms with Crippen LogP contribution >= 0.6 is 0 Å². The molecule has 3 nitrogen and oxygen atoms in total. The van der Waals surface area contributed by atoms with Crippen LogP contribution in [0.25, 0.3) is 0 Å². The molecule has 0 heterocycles. The second-order valence-corrected chi connectivity index (χ2v) is 7.02. The third-order valence-corrected chi connectivity index (χ3v) is 5.14. The Hall–Kier alpha value is -1.35. The van der Waals surface area contributed by atoms with Gasteiger partial charge in [0.2, 0.25) is 0 Å². The molecule has 2 aliphatic rings. The van der Waals surface area contributed by atoms with Crippen molar-refractivity contribution in [1.29, 1.82) is 5.26 Å². The Labute approximate surface area is 121 Å². The van der Waals surface area contributed by atoms with E-state index in [1.54, 1.807) is 26.8 Å². The van der Waals surface area contributed by atoms with Crippen molar-refractivity contribution < 1.29 is 23.1 Å². The highest BCUT2D eigenvalue weighted by Crippen LogP contribution is 2.59. The number of alkyl halides is 3. The monoisotopic (exact) mass is 301 g/mol. The average Bonchev–Trinajstić information content (AvgIpc) is 2.32. The number of allylic oxidation sites excluding steroid dienone is 2. The number of rotatable bonds is 0. The quantitative estimate of drug-likeness (QED) is 0.747. The largest absolute Gasteiger partial charge is 0.417 e. The summed E-state index contributed by atoms with van der Waals surface area (Å²) in [6, 6.07) is 1.78. The molecule has 0 spiro atoms. The minimum Gasteiger partial charge on any atom is -0.380 e. The normalized spacial score (nSPS) is 39.2. The number of carbonyl (C=O) groups excluding carboxylic acids is 1. The van der Waals surface area contributed by atoms with Crippen LogP contribution in [0.15, 0.2) is 11.6 Å².